The molecule has 1 amide bonds. The van der Waals surface area contributed by atoms with Gasteiger partial charge in [0.25, 0.3) is 0 Å². The molecule has 218 valence electrons. The van der Waals surface area contributed by atoms with Crippen LogP contribution in [0.1, 0.15) is 24.8 Å². The van der Waals surface area contributed by atoms with Crippen molar-refractivity contribution in [2.24, 2.45) is 0 Å². The van der Waals surface area contributed by atoms with E-state index in [2.05, 4.69) is 48.4 Å². The largest absolute Gasteiger partial charge is 0.494 e. The Kier molecular flexibility index (Phi) is 9.38. The third kappa shape index (κ3) is 6.57. The first kappa shape index (κ1) is 29.1. The summed E-state index contributed by atoms with van der Waals surface area (Å²) in [4.78, 5) is 26.2. The second kappa shape index (κ2) is 13.5. The lowest BCUT2D eigenvalue weighted by atomic mass is 10.0. The van der Waals surface area contributed by atoms with E-state index in [4.69, 9.17) is 21.1 Å². The van der Waals surface area contributed by atoms with Crippen molar-refractivity contribution in [1.29, 1.82) is 5.26 Å². The summed E-state index contributed by atoms with van der Waals surface area (Å²) in [6.07, 6.45) is 6.08. The van der Waals surface area contributed by atoms with Crippen LogP contribution in [-0.2, 0) is 9.53 Å². The Labute approximate surface area is 250 Å². The third-order valence-electron chi connectivity index (χ3n) is 7.30. The van der Waals surface area contributed by atoms with Gasteiger partial charge in [0.15, 0.2) is 5.82 Å². The number of piperidine rings is 1. The van der Waals surface area contributed by atoms with E-state index in [1.807, 2.05) is 18.2 Å². The highest BCUT2D eigenvalue weighted by Gasteiger charge is 2.31. The van der Waals surface area contributed by atoms with E-state index >= 15 is 0 Å². The fourth-order valence-electron chi connectivity index (χ4n) is 5.26. The molecule has 1 aromatic heterocycles. The fourth-order valence-corrected chi connectivity index (χ4v) is 5.40. The number of hydrogen-bond donors (Lipinski definition) is 3. The predicted octanol–water partition coefficient (Wildman–Crippen LogP) is 5.27. The van der Waals surface area contributed by atoms with Gasteiger partial charge in [0.05, 0.1) is 61.0 Å². The van der Waals surface area contributed by atoms with Crippen LogP contribution in [0.4, 0.5) is 34.5 Å². The average molecular weight is 589 g/mol. The molecule has 0 aliphatic carbocycles. The number of nitriles is 1. The molecule has 2 saturated heterocycles. The molecule has 0 bridgehead atoms. The van der Waals surface area contributed by atoms with Crippen LogP contribution in [0.3, 0.4) is 0 Å². The van der Waals surface area contributed by atoms with E-state index in [1.54, 1.807) is 25.3 Å². The Morgan fingerprint density at radius 1 is 1.17 bits per heavy atom. The molecule has 1 atom stereocenters. The zero-order valence-electron chi connectivity index (χ0n) is 23.4. The number of amides is 1. The van der Waals surface area contributed by atoms with Crippen molar-refractivity contribution < 1.29 is 14.3 Å². The van der Waals surface area contributed by atoms with Gasteiger partial charge in [-0.05, 0) is 43.5 Å². The van der Waals surface area contributed by atoms with E-state index < -0.39 is 0 Å². The summed E-state index contributed by atoms with van der Waals surface area (Å²) in [5.41, 5.74) is 3.04. The van der Waals surface area contributed by atoms with Gasteiger partial charge in [-0.25, -0.2) is 4.98 Å². The first-order valence-corrected chi connectivity index (χ1v) is 14.2. The second-order valence-corrected chi connectivity index (χ2v) is 10.3. The molecule has 1 unspecified atom stereocenters. The molecule has 0 radical (unpaired) electrons. The third-order valence-corrected chi connectivity index (χ3v) is 7.58. The Balaban J connectivity index is 1.49. The molecule has 2 aromatic carbocycles. The molecule has 3 N–H and O–H groups in total. The number of ether oxygens (including phenoxy) is 2. The lowest BCUT2D eigenvalue weighted by molar-refractivity contribution is -0.111. The maximum absolute atomic E-state index is 12.5. The number of rotatable bonds is 9. The second-order valence-electron chi connectivity index (χ2n) is 9.88. The van der Waals surface area contributed by atoms with Crippen molar-refractivity contribution >= 4 is 52.0 Å². The minimum absolute atomic E-state index is 0.176. The van der Waals surface area contributed by atoms with Gasteiger partial charge < -0.3 is 30.3 Å². The Hall–Kier alpha value is -4.37. The number of nitrogens with zero attached hydrogens (tertiary/aromatic N) is 5. The van der Waals surface area contributed by atoms with Crippen LogP contribution in [-0.4, -0.2) is 66.9 Å². The molecule has 2 aliphatic rings. The number of aromatic nitrogens is 2. The minimum Gasteiger partial charge on any atom is -0.494 e. The SMILES string of the molecule is C=CC(=O)Nc1cc(Nc2ncc(Cl)c(Nc3ccccc3C#N)n2)c(OC)cc1N1CCCCC1N1CCOCC1. The molecule has 3 aromatic rings. The summed E-state index contributed by atoms with van der Waals surface area (Å²) < 4.78 is 11.4. The molecule has 0 saturated carbocycles. The highest BCUT2D eigenvalue weighted by molar-refractivity contribution is 6.33. The van der Waals surface area contributed by atoms with Gasteiger partial charge in [0.2, 0.25) is 11.9 Å². The number of methoxy groups -OCH3 is 1. The van der Waals surface area contributed by atoms with E-state index in [1.165, 1.54) is 12.3 Å². The smallest absolute Gasteiger partial charge is 0.247 e. The van der Waals surface area contributed by atoms with Crippen LogP contribution < -0.4 is 25.6 Å². The van der Waals surface area contributed by atoms with E-state index in [-0.39, 0.29) is 23.0 Å². The Morgan fingerprint density at radius 3 is 2.74 bits per heavy atom. The summed E-state index contributed by atoms with van der Waals surface area (Å²) >= 11 is 6.39. The van der Waals surface area contributed by atoms with E-state index in [0.717, 1.165) is 44.6 Å². The Bertz CT molecular complexity index is 1490. The number of anilines is 6. The molecule has 0 spiro atoms. The molecular weight excluding hydrogens is 556 g/mol. The first-order valence-electron chi connectivity index (χ1n) is 13.8. The standard InChI is InChI=1S/C30H33ClN8O3/c1-3-27(40)34-23-16-24(36-30-33-19-21(31)29(37-30)35-22-9-5-4-8-20(22)18-32)26(41-2)17-25(23)39-11-7-6-10-28(39)38-12-14-42-15-13-38/h3-5,8-9,16-17,19,28H,1,6-7,10-15H2,2H3,(H,34,40)(H2,33,35,36,37). The number of halogens is 1. The molecule has 42 heavy (non-hydrogen) atoms. The van der Waals surface area contributed by atoms with Gasteiger partial charge in [-0.1, -0.05) is 30.3 Å². The number of benzene rings is 2. The maximum atomic E-state index is 12.5. The predicted molar refractivity (Wildman–Crippen MR) is 164 cm³/mol. The fraction of sp³-hybridized carbons (Fsp3) is 0.333. The number of morpholine rings is 1. The first-order chi connectivity index (χ1) is 20.5. The van der Waals surface area contributed by atoms with E-state index in [9.17, 15) is 10.1 Å². The van der Waals surface area contributed by atoms with Crippen molar-refractivity contribution in [1.82, 2.24) is 14.9 Å². The van der Waals surface area contributed by atoms with Crippen molar-refractivity contribution in [2.45, 2.75) is 25.4 Å². The molecule has 2 fully saturated rings. The molecular formula is C30H33ClN8O3. The average Bonchev–Trinajstić information content (AvgIpc) is 3.03. The van der Waals surface area contributed by atoms with Crippen LogP contribution in [0.25, 0.3) is 0 Å². The summed E-state index contributed by atoms with van der Waals surface area (Å²) in [6.45, 7) is 7.59. The number of carbonyl (C=O) groups excluding carboxylic acids is 1. The van der Waals surface area contributed by atoms with Gasteiger partial charge in [0, 0.05) is 25.7 Å². The zero-order valence-corrected chi connectivity index (χ0v) is 24.2. The zero-order chi connectivity index (χ0) is 29.5. The maximum Gasteiger partial charge on any atom is 0.247 e. The molecule has 11 nitrogen and oxygen atoms in total. The molecule has 12 heteroatoms. The molecule has 5 rings (SSSR count). The monoisotopic (exact) mass is 588 g/mol. The quantitative estimate of drug-likeness (QED) is 0.284. The number of carbonyl (C=O) groups is 1. The van der Waals surface area contributed by atoms with Crippen LogP contribution in [0.15, 0.2) is 55.3 Å². The highest BCUT2D eigenvalue weighted by atomic mass is 35.5. The number of hydrogen-bond acceptors (Lipinski definition) is 10. The lowest BCUT2D eigenvalue weighted by Gasteiger charge is -2.45. The summed E-state index contributed by atoms with van der Waals surface area (Å²) in [5.74, 6) is 0.801. The topological polar surface area (TPSA) is 128 Å². The van der Waals surface area contributed by atoms with Crippen molar-refractivity contribution in [3.8, 4) is 11.8 Å². The van der Waals surface area contributed by atoms with Crippen LogP contribution in [0.2, 0.25) is 5.02 Å². The van der Waals surface area contributed by atoms with E-state index in [0.29, 0.717) is 47.4 Å². The van der Waals surface area contributed by atoms with Crippen LogP contribution in [0, 0.1) is 11.3 Å². The Morgan fingerprint density at radius 2 is 1.98 bits per heavy atom. The minimum atomic E-state index is -0.322. The normalized spacial score (nSPS) is 17.2. The van der Waals surface area contributed by atoms with Crippen LogP contribution >= 0.6 is 11.6 Å². The van der Waals surface area contributed by atoms with Gasteiger partial charge in [-0.3, -0.25) is 9.69 Å². The molecule has 3 heterocycles. The van der Waals surface area contributed by atoms with Crippen molar-refractivity contribution in [3.05, 3.63) is 65.8 Å². The van der Waals surface area contributed by atoms with Gasteiger partial charge >= 0.3 is 0 Å². The van der Waals surface area contributed by atoms with Gasteiger partial charge in [-0.15, -0.1) is 0 Å². The van der Waals surface area contributed by atoms with Gasteiger partial charge in [0.1, 0.15) is 16.8 Å². The van der Waals surface area contributed by atoms with Crippen molar-refractivity contribution in [3.63, 3.8) is 0 Å². The highest BCUT2D eigenvalue weighted by Crippen LogP contribution is 2.41. The van der Waals surface area contributed by atoms with Crippen molar-refractivity contribution in [2.75, 3.05) is 60.8 Å². The summed E-state index contributed by atoms with van der Waals surface area (Å²) in [7, 11) is 1.59. The number of nitrogens with one attached hydrogen (secondary N) is 3. The number of para-hydroxylation sites is 1. The van der Waals surface area contributed by atoms with Crippen LogP contribution in [0.5, 0.6) is 5.75 Å². The lowest BCUT2D eigenvalue weighted by Crippen LogP contribution is -2.54. The van der Waals surface area contributed by atoms with Gasteiger partial charge in [-0.2, -0.15) is 10.2 Å². The summed E-state index contributed by atoms with van der Waals surface area (Å²) in [5, 5.41) is 19.0. The summed E-state index contributed by atoms with van der Waals surface area (Å²) in [6, 6.07) is 13.0. The molecule has 2 aliphatic heterocycles.